The molecule has 7 nitrogen and oxygen atoms in total. The molecule has 0 aliphatic heterocycles. The predicted molar refractivity (Wildman–Crippen MR) is 75.8 cm³/mol. The van der Waals surface area contributed by atoms with Crippen molar-refractivity contribution in [2.45, 2.75) is 11.9 Å². The van der Waals surface area contributed by atoms with Crippen LogP contribution in [0.15, 0.2) is 27.3 Å². The Hall–Kier alpha value is -2.00. The number of thioether (sulfide) groups is 1. The lowest BCUT2D eigenvalue weighted by atomic mass is 10.4. The minimum Gasteiger partial charge on any atom is -0.315 e. The van der Waals surface area contributed by atoms with Gasteiger partial charge >= 0.3 is 6.01 Å². The Morgan fingerprint density at radius 2 is 2.40 bits per heavy atom. The van der Waals surface area contributed by atoms with Gasteiger partial charge in [-0.05, 0) is 18.4 Å². The van der Waals surface area contributed by atoms with Gasteiger partial charge in [-0.2, -0.15) is 4.98 Å². The van der Waals surface area contributed by atoms with E-state index in [0.717, 1.165) is 15.2 Å². The molecule has 3 heterocycles. The monoisotopic (exact) mass is 307 g/mol. The highest BCUT2D eigenvalue weighted by Gasteiger charge is 2.11. The van der Waals surface area contributed by atoms with Crippen LogP contribution in [0, 0.1) is 6.92 Å². The SMILES string of the molecule is Cc1noc(NC(=O)CSc2ncnc3sccc23)n1. The number of hydrogen-bond acceptors (Lipinski definition) is 8. The van der Waals surface area contributed by atoms with Gasteiger partial charge in [0.2, 0.25) is 5.91 Å². The Labute approximate surface area is 121 Å². The molecule has 0 saturated heterocycles. The molecule has 0 spiro atoms. The molecule has 0 aromatic carbocycles. The van der Waals surface area contributed by atoms with Gasteiger partial charge in [0.05, 0.1) is 5.75 Å². The molecule has 0 fully saturated rings. The minimum absolute atomic E-state index is 0.108. The Balaban J connectivity index is 1.64. The fourth-order valence-corrected chi connectivity index (χ4v) is 3.10. The van der Waals surface area contributed by atoms with Crippen LogP contribution in [0.1, 0.15) is 5.82 Å². The number of anilines is 1. The van der Waals surface area contributed by atoms with Gasteiger partial charge in [0.25, 0.3) is 0 Å². The van der Waals surface area contributed by atoms with Crippen LogP contribution in [0.3, 0.4) is 0 Å². The number of carbonyl (C=O) groups excluding carboxylic acids is 1. The summed E-state index contributed by atoms with van der Waals surface area (Å²) < 4.78 is 4.82. The third-order valence-corrected chi connectivity index (χ3v) is 4.17. The molecule has 3 aromatic rings. The summed E-state index contributed by atoms with van der Waals surface area (Å²) in [6, 6.07) is 2.05. The Bertz CT molecular complexity index is 754. The van der Waals surface area contributed by atoms with Crippen molar-refractivity contribution in [2.75, 3.05) is 11.1 Å². The van der Waals surface area contributed by atoms with Crippen molar-refractivity contribution >= 4 is 45.2 Å². The first-order chi connectivity index (χ1) is 9.72. The number of nitrogens with one attached hydrogen (secondary N) is 1. The summed E-state index contributed by atoms with van der Waals surface area (Å²) in [7, 11) is 0. The van der Waals surface area contributed by atoms with E-state index in [4.69, 9.17) is 4.52 Å². The molecule has 0 radical (unpaired) electrons. The number of amides is 1. The van der Waals surface area contributed by atoms with E-state index in [2.05, 4.69) is 25.4 Å². The van der Waals surface area contributed by atoms with Crippen LogP contribution in [0.25, 0.3) is 10.2 Å². The smallest absolute Gasteiger partial charge is 0.315 e. The normalized spacial score (nSPS) is 10.8. The molecule has 1 amide bonds. The van der Waals surface area contributed by atoms with Crippen LogP contribution in [0.4, 0.5) is 6.01 Å². The lowest BCUT2D eigenvalue weighted by molar-refractivity contribution is -0.114. The zero-order valence-electron chi connectivity index (χ0n) is 10.4. The van der Waals surface area contributed by atoms with Gasteiger partial charge in [-0.15, -0.1) is 11.3 Å². The summed E-state index contributed by atoms with van der Waals surface area (Å²) in [6.07, 6.45) is 1.50. The van der Waals surface area contributed by atoms with Crippen molar-refractivity contribution in [3.8, 4) is 0 Å². The molecular weight excluding hydrogens is 298 g/mol. The van der Waals surface area contributed by atoms with Gasteiger partial charge < -0.3 is 4.52 Å². The van der Waals surface area contributed by atoms with Crippen molar-refractivity contribution in [3.05, 3.63) is 23.6 Å². The first kappa shape index (κ1) is 13.0. The van der Waals surface area contributed by atoms with Crippen LogP contribution < -0.4 is 5.32 Å². The maximum Gasteiger partial charge on any atom is 0.328 e. The largest absolute Gasteiger partial charge is 0.328 e. The Morgan fingerprint density at radius 1 is 1.50 bits per heavy atom. The fraction of sp³-hybridized carbons (Fsp3) is 0.182. The topological polar surface area (TPSA) is 93.8 Å². The van der Waals surface area contributed by atoms with Gasteiger partial charge in [0.15, 0.2) is 5.82 Å². The van der Waals surface area contributed by atoms with Crippen molar-refractivity contribution in [3.63, 3.8) is 0 Å². The van der Waals surface area contributed by atoms with Crippen molar-refractivity contribution in [1.82, 2.24) is 20.1 Å². The lowest BCUT2D eigenvalue weighted by Gasteiger charge is -2.01. The summed E-state index contributed by atoms with van der Waals surface area (Å²) in [4.78, 5) is 24.9. The Morgan fingerprint density at radius 3 is 3.20 bits per heavy atom. The zero-order chi connectivity index (χ0) is 13.9. The number of aryl methyl sites for hydroxylation is 1. The number of aromatic nitrogens is 4. The number of fused-ring (bicyclic) bond motifs is 1. The second-order valence-electron chi connectivity index (χ2n) is 3.80. The van der Waals surface area contributed by atoms with Gasteiger partial charge in [-0.25, -0.2) is 9.97 Å². The predicted octanol–water partition coefficient (Wildman–Crippen LogP) is 2.11. The van der Waals surface area contributed by atoms with E-state index in [9.17, 15) is 4.79 Å². The maximum absolute atomic E-state index is 11.8. The van der Waals surface area contributed by atoms with E-state index in [0.29, 0.717) is 5.82 Å². The number of rotatable bonds is 4. The van der Waals surface area contributed by atoms with E-state index in [1.165, 1.54) is 18.1 Å². The quantitative estimate of drug-likeness (QED) is 0.582. The van der Waals surface area contributed by atoms with Crippen LogP contribution in [0.2, 0.25) is 0 Å². The third-order valence-electron chi connectivity index (χ3n) is 2.34. The first-order valence-corrected chi connectivity index (χ1v) is 7.50. The molecule has 0 aliphatic carbocycles. The second-order valence-corrected chi connectivity index (χ2v) is 5.66. The van der Waals surface area contributed by atoms with Crippen LogP contribution in [-0.2, 0) is 4.79 Å². The zero-order valence-corrected chi connectivity index (χ0v) is 12.0. The molecule has 3 rings (SSSR count). The fourth-order valence-electron chi connectivity index (χ4n) is 1.52. The van der Waals surface area contributed by atoms with Gasteiger partial charge in [-0.1, -0.05) is 16.9 Å². The van der Waals surface area contributed by atoms with Crippen LogP contribution in [0.5, 0.6) is 0 Å². The number of carbonyl (C=O) groups is 1. The summed E-state index contributed by atoms with van der Waals surface area (Å²) in [5.74, 6) is 0.466. The molecule has 0 atom stereocenters. The van der Waals surface area contributed by atoms with Crippen LogP contribution >= 0.6 is 23.1 Å². The molecule has 1 N–H and O–H groups in total. The number of thiophene rings is 1. The highest BCUT2D eigenvalue weighted by atomic mass is 32.2. The highest BCUT2D eigenvalue weighted by molar-refractivity contribution is 8.00. The van der Waals surface area contributed by atoms with E-state index in [-0.39, 0.29) is 17.7 Å². The summed E-state index contributed by atoms with van der Waals surface area (Å²) >= 11 is 2.89. The van der Waals surface area contributed by atoms with E-state index >= 15 is 0 Å². The van der Waals surface area contributed by atoms with Crippen molar-refractivity contribution in [2.24, 2.45) is 0 Å². The summed E-state index contributed by atoms with van der Waals surface area (Å²) in [6.45, 7) is 1.68. The molecule has 0 unspecified atom stereocenters. The number of nitrogens with zero attached hydrogens (tertiary/aromatic N) is 4. The van der Waals surface area contributed by atoms with Gasteiger partial charge in [-0.3, -0.25) is 10.1 Å². The molecule has 9 heteroatoms. The standard InChI is InChI=1S/C11H9N5O2S2/c1-6-14-11(18-16-6)15-8(17)4-20-10-7-2-3-19-9(7)12-5-13-10/h2-3,5H,4H2,1H3,(H,14,15,16,17). The average Bonchev–Trinajstić information content (AvgIpc) is 3.05. The summed E-state index contributed by atoms with van der Waals surface area (Å²) in [5, 5.41) is 9.83. The van der Waals surface area contributed by atoms with Gasteiger partial charge in [0, 0.05) is 5.39 Å². The molecule has 0 bridgehead atoms. The highest BCUT2D eigenvalue weighted by Crippen LogP contribution is 2.27. The Kier molecular flexibility index (Phi) is 3.61. The second kappa shape index (κ2) is 5.55. The van der Waals surface area contributed by atoms with E-state index in [1.807, 2.05) is 11.4 Å². The van der Waals surface area contributed by atoms with E-state index < -0.39 is 0 Å². The third kappa shape index (κ3) is 2.78. The van der Waals surface area contributed by atoms with Crippen molar-refractivity contribution in [1.29, 1.82) is 0 Å². The average molecular weight is 307 g/mol. The molecular formula is C11H9N5O2S2. The first-order valence-electron chi connectivity index (χ1n) is 5.63. The maximum atomic E-state index is 11.8. The van der Waals surface area contributed by atoms with Gasteiger partial charge in [0.1, 0.15) is 16.2 Å². The van der Waals surface area contributed by atoms with Crippen molar-refractivity contribution < 1.29 is 9.32 Å². The molecule has 102 valence electrons. The molecule has 0 aliphatic rings. The number of hydrogen-bond donors (Lipinski definition) is 1. The van der Waals surface area contributed by atoms with Crippen LogP contribution in [-0.4, -0.2) is 31.8 Å². The minimum atomic E-state index is -0.222. The molecule has 20 heavy (non-hydrogen) atoms. The summed E-state index contributed by atoms with van der Waals surface area (Å²) in [5.41, 5.74) is 0. The molecule has 3 aromatic heterocycles. The van der Waals surface area contributed by atoms with E-state index in [1.54, 1.807) is 18.3 Å². The molecule has 0 saturated carbocycles. The lowest BCUT2D eigenvalue weighted by Crippen LogP contribution is -2.14.